The van der Waals surface area contributed by atoms with Gasteiger partial charge in [-0.25, -0.2) is 0 Å². The van der Waals surface area contributed by atoms with E-state index in [1.54, 1.807) is 11.3 Å². The van der Waals surface area contributed by atoms with Crippen LogP contribution >= 0.6 is 11.3 Å². The predicted octanol–water partition coefficient (Wildman–Crippen LogP) is 3.26. The van der Waals surface area contributed by atoms with Crippen LogP contribution in [0.5, 0.6) is 0 Å². The zero-order chi connectivity index (χ0) is 14.1. The number of aryl methyl sites for hydroxylation is 2. The Labute approximate surface area is 122 Å². The number of thiophene rings is 1. The minimum absolute atomic E-state index is 0.132. The lowest BCUT2D eigenvalue weighted by Gasteiger charge is -2.24. The number of hydrogen-bond acceptors (Lipinski definition) is 4. The largest absolute Gasteiger partial charge is 0.361 e. The van der Waals surface area contributed by atoms with Crippen LogP contribution in [0.15, 0.2) is 21.3 Å². The number of likely N-dealkylation sites (tertiary alicyclic amines) is 1. The summed E-state index contributed by atoms with van der Waals surface area (Å²) >= 11 is 1.63. The van der Waals surface area contributed by atoms with Crippen LogP contribution in [0, 0.1) is 13.8 Å². The van der Waals surface area contributed by atoms with Crippen molar-refractivity contribution in [1.82, 2.24) is 10.1 Å². The Bertz CT molecular complexity index is 584. The van der Waals surface area contributed by atoms with Gasteiger partial charge in [-0.3, -0.25) is 4.79 Å². The van der Waals surface area contributed by atoms with Gasteiger partial charge in [0.2, 0.25) is 5.91 Å². The number of hydrogen-bond donors (Lipinski definition) is 0. The van der Waals surface area contributed by atoms with Crippen LogP contribution in [0.2, 0.25) is 0 Å². The molecule has 1 amide bonds. The average molecular weight is 290 g/mol. The van der Waals surface area contributed by atoms with E-state index in [0.29, 0.717) is 6.42 Å². The van der Waals surface area contributed by atoms with E-state index in [1.165, 1.54) is 0 Å². The molecule has 0 aromatic carbocycles. The van der Waals surface area contributed by atoms with E-state index < -0.39 is 0 Å². The van der Waals surface area contributed by atoms with Crippen LogP contribution < -0.4 is 0 Å². The molecule has 1 aliphatic heterocycles. The van der Waals surface area contributed by atoms with Crippen LogP contribution in [0.3, 0.4) is 0 Å². The second-order valence-electron chi connectivity index (χ2n) is 5.29. The molecule has 1 fully saturated rings. The smallest absolute Gasteiger partial charge is 0.227 e. The average Bonchev–Trinajstić information content (AvgIpc) is 3.11. The monoisotopic (exact) mass is 290 g/mol. The van der Waals surface area contributed by atoms with E-state index >= 15 is 0 Å². The lowest BCUT2D eigenvalue weighted by Crippen LogP contribution is -2.32. The summed E-state index contributed by atoms with van der Waals surface area (Å²) in [6, 6.07) is 2.15. The van der Waals surface area contributed by atoms with Gasteiger partial charge in [0.05, 0.1) is 18.2 Å². The molecule has 4 nitrogen and oxygen atoms in total. The molecule has 0 radical (unpaired) electrons. The molecule has 0 aliphatic carbocycles. The highest BCUT2D eigenvalue weighted by molar-refractivity contribution is 7.07. The highest BCUT2D eigenvalue weighted by Crippen LogP contribution is 2.35. The van der Waals surface area contributed by atoms with Gasteiger partial charge < -0.3 is 9.42 Å². The Morgan fingerprint density at radius 2 is 2.40 bits per heavy atom. The van der Waals surface area contributed by atoms with Crippen molar-refractivity contribution in [2.75, 3.05) is 6.54 Å². The van der Waals surface area contributed by atoms with Gasteiger partial charge in [-0.1, -0.05) is 5.16 Å². The third kappa shape index (κ3) is 2.38. The molecular formula is C15H18N2O2S. The molecule has 3 rings (SSSR count). The zero-order valence-corrected chi connectivity index (χ0v) is 12.6. The molecule has 20 heavy (non-hydrogen) atoms. The minimum Gasteiger partial charge on any atom is -0.361 e. The van der Waals surface area contributed by atoms with Crippen LogP contribution in [0.4, 0.5) is 0 Å². The summed E-state index contributed by atoms with van der Waals surface area (Å²) in [5.74, 6) is 1.04. The van der Waals surface area contributed by atoms with Crippen LogP contribution in [0.25, 0.3) is 0 Å². The number of rotatable bonds is 3. The quantitative estimate of drug-likeness (QED) is 0.871. The fraction of sp³-hybridized carbons (Fsp3) is 0.467. The maximum absolute atomic E-state index is 12.5. The maximum Gasteiger partial charge on any atom is 0.227 e. The van der Waals surface area contributed by atoms with Crippen LogP contribution in [-0.4, -0.2) is 22.5 Å². The lowest BCUT2D eigenvalue weighted by atomic mass is 10.0. The molecule has 0 saturated carbocycles. The molecule has 1 saturated heterocycles. The molecule has 0 unspecified atom stereocenters. The first-order valence-corrected chi connectivity index (χ1v) is 7.84. The van der Waals surface area contributed by atoms with Crippen molar-refractivity contribution >= 4 is 17.2 Å². The van der Waals surface area contributed by atoms with Gasteiger partial charge in [-0.2, -0.15) is 11.3 Å². The van der Waals surface area contributed by atoms with Gasteiger partial charge >= 0.3 is 0 Å². The lowest BCUT2D eigenvalue weighted by molar-refractivity contribution is -0.131. The Balaban J connectivity index is 1.80. The van der Waals surface area contributed by atoms with Crippen molar-refractivity contribution in [2.24, 2.45) is 0 Å². The van der Waals surface area contributed by atoms with Gasteiger partial charge in [0.25, 0.3) is 0 Å². The van der Waals surface area contributed by atoms with Crippen LogP contribution in [-0.2, 0) is 11.2 Å². The molecule has 1 atom stereocenters. The van der Waals surface area contributed by atoms with Gasteiger partial charge in [0, 0.05) is 12.1 Å². The molecule has 0 spiro atoms. The first-order valence-electron chi connectivity index (χ1n) is 6.90. The van der Waals surface area contributed by atoms with E-state index in [2.05, 4.69) is 5.16 Å². The summed E-state index contributed by atoms with van der Waals surface area (Å²) in [6.07, 6.45) is 2.53. The number of carbonyl (C=O) groups is 1. The maximum atomic E-state index is 12.5. The summed E-state index contributed by atoms with van der Waals surface area (Å²) in [4.78, 5) is 14.5. The highest BCUT2D eigenvalue weighted by atomic mass is 32.1. The van der Waals surface area contributed by atoms with E-state index in [9.17, 15) is 4.79 Å². The summed E-state index contributed by atoms with van der Waals surface area (Å²) in [7, 11) is 0. The fourth-order valence-corrected chi connectivity index (χ4v) is 3.67. The standard InChI is InChI=1S/C15H18N2O2S/c1-10-15(11(2)19-16-10)13-4-3-6-17(13)14(18)8-12-5-7-20-9-12/h5,7,9,13H,3-4,6,8H2,1-2H3/t13-/m0/s1. The SMILES string of the molecule is Cc1noc(C)c1[C@@H]1CCCN1C(=O)Cc1ccsc1. The van der Waals surface area contributed by atoms with E-state index in [1.807, 2.05) is 35.6 Å². The predicted molar refractivity (Wildman–Crippen MR) is 77.7 cm³/mol. The van der Waals surface area contributed by atoms with Gasteiger partial charge in [0.15, 0.2) is 0 Å². The Kier molecular flexibility index (Phi) is 3.61. The topological polar surface area (TPSA) is 46.3 Å². The fourth-order valence-electron chi connectivity index (χ4n) is 3.00. The minimum atomic E-state index is 0.132. The highest BCUT2D eigenvalue weighted by Gasteiger charge is 2.33. The number of nitrogens with zero attached hydrogens (tertiary/aromatic N) is 2. The Hall–Kier alpha value is -1.62. The van der Waals surface area contributed by atoms with Crippen molar-refractivity contribution in [3.63, 3.8) is 0 Å². The molecule has 5 heteroatoms. The van der Waals surface area contributed by atoms with Crippen molar-refractivity contribution in [1.29, 1.82) is 0 Å². The van der Waals surface area contributed by atoms with Crippen molar-refractivity contribution in [3.8, 4) is 0 Å². The first kappa shape index (κ1) is 13.4. The number of amides is 1. The zero-order valence-electron chi connectivity index (χ0n) is 11.8. The Morgan fingerprint density at radius 1 is 1.55 bits per heavy atom. The van der Waals surface area contributed by atoms with E-state index in [0.717, 1.165) is 42.0 Å². The first-order chi connectivity index (χ1) is 9.66. The molecule has 0 bridgehead atoms. The summed E-state index contributed by atoms with van der Waals surface area (Å²) in [5.41, 5.74) is 3.10. The molecule has 0 N–H and O–H groups in total. The summed E-state index contributed by atoms with van der Waals surface area (Å²) in [6.45, 7) is 4.71. The second kappa shape index (κ2) is 5.40. The molecular weight excluding hydrogens is 272 g/mol. The third-order valence-electron chi connectivity index (χ3n) is 3.93. The second-order valence-corrected chi connectivity index (χ2v) is 6.07. The Morgan fingerprint density at radius 3 is 3.05 bits per heavy atom. The van der Waals surface area contributed by atoms with Crippen LogP contribution in [0.1, 0.15) is 41.5 Å². The number of carbonyl (C=O) groups excluding carboxylic acids is 1. The molecule has 2 aromatic heterocycles. The summed E-state index contributed by atoms with van der Waals surface area (Å²) < 4.78 is 5.26. The van der Waals surface area contributed by atoms with E-state index in [4.69, 9.17) is 4.52 Å². The van der Waals surface area contributed by atoms with Crippen molar-refractivity contribution < 1.29 is 9.32 Å². The summed E-state index contributed by atoms with van der Waals surface area (Å²) in [5, 5.41) is 8.07. The van der Waals surface area contributed by atoms with Crippen molar-refractivity contribution in [3.05, 3.63) is 39.4 Å². The molecule has 3 heterocycles. The molecule has 106 valence electrons. The van der Waals surface area contributed by atoms with Gasteiger partial charge in [-0.15, -0.1) is 0 Å². The van der Waals surface area contributed by atoms with Gasteiger partial charge in [0.1, 0.15) is 5.76 Å². The van der Waals surface area contributed by atoms with Gasteiger partial charge in [-0.05, 0) is 49.1 Å². The van der Waals surface area contributed by atoms with E-state index in [-0.39, 0.29) is 11.9 Å². The third-order valence-corrected chi connectivity index (χ3v) is 4.66. The molecule has 2 aromatic rings. The number of aromatic nitrogens is 1. The molecule has 1 aliphatic rings. The normalized spacial score (nSPS) is 18.7. The van der Waals surface area contributed by atoms with Crippen molar-refractivity contribution in [2.45, 2.75) is 39.2 Å².